The second-order valence-corrected chi connectivity index (χ2v) is 6.73. The van der Waals surface area contributed by atoms with E-state index >= 15 is 0 Å². The van der Waals surface area contributed by atoms with Gasteiger partial charge in [0, 0.05) is 0 Å². The number of ether oxygens (including phenoxy) is 3. The summed E-state index contributed by atoms with van der Waals surface area (Å²) in [7, 11) is 1.50. The van der Waals surface area contributed by atoms with Crippen LogP contribution in [0.1, 0.15) is 35.8 Å². The summed E-state index contributed by atoms with van der Waals surface area (Å²) in [4.78, 5) is 24.6. The highest BCUT2D eigenvalue weighted by Crippen LogP contribution is 2.28. The molecular formula is C24H25NO5. The normalized spacial score (nSPS) is 11.6. The molecule has 0 aliphatic carbocycles. The van der Waals surface area contributed by atoms with E-state index in [4.69, 9.17) is 14.2 Å². The SMILES string of the molecule is CCOc1ccc(C(=O)OCC(=O)N[C@H](C)c2cccc3ccccc23)cc1OC. The number of amides is 1. The monoisotopic (exact) mass is 407 g/mol. The number of nitrogens with one attached hydrogen (secondary N) is 1. The van der Waals surface area contributed by atoms with Crippen molar-refractivity contribution < 1.29 is 23.8 Å². The van der Waals surface area contributed by atoms with Crippen LogP contribution in [0.2, 0.25) is 0 Å². The molecule has 0 radical (unpaired) electrons. The lowest BCUT2D eigenvalue weighted by atomic mass is 10.00. The van der Waals surface area contributed by atoms with E-state index in [1.807, 2.05) is 56.3 Å². The van der Waals surface area contributed by atoms with Gasteiger partial charge in [-0.05, 0) is 48.4 Å². The van der Waals surface area contributed by atoms with Crippen LogP contribution in [0.25, 0.3) is 10.8 Å². The third kappa shape index (κ3) is 4.89. The van der Waals surface area contributed by atoms with Gasteiger partial charge in [-0.3, -0.25) is 4.79 Å². The van der Waals surface area contributed by atoms with Gasteiger partial charge in [0.1, 0.15) is 0 Å². The molecule has 1 atom stereocenters. The zero-order valence-corrected chi connectivity index (χ0v) is 17.3. The first-order valence-electron chi connectivity index (χ1n) is 9.78. The number of rotatable bonds is 8. The molecule has 0 unspecified atom stereocenters. The maximum atomic E-state index is 12.3. The molecule has 30 heavy (non-hydrogen) atoms. The van der Waals surface area contributed by atoms with E-state index in [1.54, 1.807) is 12.1 Å². The molecule has 1 amide bonds. The number of carbonyl (C=O) groups excluding carboxylic acids is 2. The van der Waals surface area contributed by atoms with E-state index in [2.05, 4.69) is 5.32 Å². The van der Waals surface area contributed by atoms with Crippen LogP contribution in [0.15, 0.2) is 60.7 Å². The van der Waals surface area contributed by atoms with Crippen molar-refractivity contribution >= 4 is 22.6 Å². The van der Waals surface area contributed by atoms with Gasteiger partial charge < -0.3 is 19.5 Å². The van der Waals surface area contributed by atoms with Crippen molar-refractivity contribution in [1.82, 2.24) is 5.32 Å². The smallest absolute Gasteiger partial charge is 0.338 e. The van der Waals surface area contributed by atoms with Gasteiger partial charge in [0.15, 0.2) is 18.1 Å². The van der Waals surface area contributed by atoms with Crippen LogP contribution in [-0.4, -0.2) is 32.2 Å². The average Bonchev–Trinajstić information content (AvgIpc) is 2.77. The first-order valence-corrected chi connectivity index (χ1v) is 9.78. The summed E-state index contributed by atoms with van der Waals surface area (Å²) < 4.78 is 15.8. The number of fused-ring (bicyclic) bond motifs is 1. The molecule has 0 aliphatic heterocycles. The van der Waals surface area contributed by atoms with E-state index in [1.165, 1.54) is 13.2 Å². The minimum absolute atomic E-state index is 0.229. The molecule has 0 saturated heterocycles. The molecule has 3 aromatic rings. The Hall–Kier alpha value is -3.54. The lowest BCUT2D eigenvalue weighted by Crippen LogP contribution is -2.31. The number of esters is 1. The van der Waals surface area contributed by atoms with Gasteiger partial charge in [-0.15, -0.1) is 0 Å². The fourth-order valence-electron chi connectivity index (χ4n) is 3.27. The first kappa shape index (κ1) is 21.2. The van der Waals surface area contributed by atoms with Crippen LogP contribution in [0.4, 0.5) is 0 Å². The van der Waals surface area contributed by atoms with Crippen molar-refractivity contribution in [3.05, 3.63) is 71.8 Å². The largest absolute Gasteiger partial charge is 0.493 e. The van der Waals surface area contributed by atoms with Crippen molar-refractivity contribution in [2.75, 3.05) is 20.3 Å². The van der Waals surface area contributed by atoms with Crippen molar-refractivity contribution in [2.24, 2.45) is 0 Å². The topological polar surface area (TPSA) is 73.9 Å². The summed E-state index contributed by atoms with van der Waals surface area (Å²) in [5.41, 5.74) is 1.29. The molecule has 3 rings (SSSR count). The number of benzene rings is 3. The zero-order valence-electron chi connectivity index (χ0n) is 17.3. The Bertz CT molecular complexity index is 1040. The fraction of sp³-hybridized carbons (Fsp3) is 0.250. The molecule has 0 heterocycles. The summed E-state index contributed by atoms with van der Waals surface area (Å²) in [5.74, 6) is -0.00969. The van der Waals surface area contributed by atoms with Crippen LogP contribution < -0.4 is 14.8 Å². The van der Waals surface area contributed by atoms with E-state index in [0.717, 1.165) is 16.3 Å². The highest BCUT2D eigenvalue weighted by atomic mass is 16.5. The summed E-state index contributed by atoms with van der Waals surface area (Å²) in [6, 6.07) is 18.5. The average molecular weight is 407 g/mol. The molecule has 1 N–H and O–H groups in total. The van der Waals surface area contributed by atoms with Crippen LogP contribution in [0.5, 0.6) is 11.5 Å². The van der Waals surface area contributed by atoms with Gasteiger partial charge in [-0.2, -0.15) is 0 Å². The summed E-state index contributed by atoms with van der Waals surface area (Å²) in [6.45, 7) is 3.87. The molecule has 6 heteroatoms. The Kier molecular flexibility index (Phi) is 6.91. The van der Waals surface area contributed by atoms with E-state index in [-0.39, 0.29) is 24.1 Å². The first-order chi connectivity index (χ1) is 14.5. The van der Waals surface area contributed by atoms with Crippen LogP contribution in [-0.2, 0) is 9.53 Å². The number of carbonyl (C=O) groups is 2. The predicted octanol–water partition coefficient (Wildman–Crippen LogP) is 4.28. The zero-order chi connectivity index (χ0) is 21.5. The predicted molar refractivity (Wildman–Crippen MR) is 115 cm³/mol. The third-order valence-electron chi connectivity index (χ3n) is 4.70. The van der Waals surface area contributed by atoms with Crippen LogP contribution in [0.3, 0.4) is 0 Å². The lowest BCUT2D eigenvalue weighted by Gasteiger charge is -2.17. The van der Waals surface area contributed by atoms with Gasteiger partial charge >= 0.3 is 5.97 Å². The molecule has 0 saturated carbocycles. The number of hydrogen-bond acceptors (Lipinski definition) is 5. The minimum atomic E-state index is -0.607. The third-order valence-corrected chi connectivity index (χ3v) is 4.70. The standard InChI is InChI=1S/C24H25NO5/c1-4-29-21-13-12-18(14-22(21)28-3)24(27)30-15-23(26)25-16(2)19-11-7-9-17-8-5-6-10-20(17)19/h5-14,16H,4,15H2,1-3H3,(H,25,26)/t16-/m1/s1. The molecule has 0 fully saturated rings. The summed E-state index contributed by atoms with van der Waals surface area (Å²) in [6.07, 6.45) is 0. The Morgan fingerprint density at radius 1 is 1.00 bits per heavy atom. The van der Waals surface area contributed by atoms with Crippen molar-refractivity contribution in [2.45, 2.75) is 19.9 Å². The quantitative estimate of drug-likeness (QED) is 0.564. The Labute approximate surface area is 175 Å². The Morgan fingerprint density at radius 3 is 2.53 bits per heavy atom. The molecule has 0 aliphatic rings. The number of hydrogen-bond donors (Lipinski definition) is 1. The second kappa shape index (κ2) is 9.78. The van der Waals surface area contributed by atoms with E-state index in [9.17, 15) is 9.59 Å². The lowest BCUT2D eigenvalue weighted by molar-refractivity contribution is -0.124. The van der Waals surface area contributed by atoms with E-state index in [0.29, 0.717) is 18.1 Å². The Balaban J connectivity index is 1.61. The summed E-state index contributed by atoms with van der Waals surface area (Å²) >= 11 is 0. The molecule has 0 bridgehead atoms. The summed E-state index contributed by atoms with van der Waals surface area (Å²) in [5, 5.41) is 5.06. The van der Waals surface area contributed by atoms with Crippen molar-refractivity contribution in [3.8, 4) is 11.5 Å². The van der Waals surface area contributed by atoms with Gasteiger partial charge in [-0.1, -0.05) is 42.5 Å². The maximum Gasteiger partial charge on any atom is 0.338 e. The molecule has 0 spiro atoms. The fourth-order valence-corrected chi connectivity index (χ4v) is 3.27. The van der Waals surface area contributed by atoms with Gasteiger partial charge in [0.05, 0.1) is 25.3 Å². The maximum absolute atomic E-state index is 12.3. The van der Waals surface area contributed by atoms with Crippen LogP contribution >= 0.6 is 0 Å². The van der Waals surface area contributed by atoms with Gasteiger partial charge in [0.25, 0.3) is 5.91 Å². The second-order valence-electron chi connectivity index (χ2n) is 6.73. The highest BCUT2D eigenvalue weighted by molar-refractivity contribution is 5.92. The molecule has 6 nitrogen and oxygen atoms in total. The Morgan fingerprint density at radius 2 is 1.77 bits per heavy atom. The molecular weight excluding hydrogens is 382 g/mol. The molecule has 0 aromatic heterocycles. The van der Waals surface area contributed by atoms with Gasteiger partial charge in [-0.25, -0.2) is 4.79 Å². The van der Waals surface area contributed by atoms with Crippen molar-refractivity contribution in [1.29, 1.82) is 0 Å². The highest BCUT2D eigenvalue weighted by Gasteiger charge is 2.16. The molecule has 156 valence electrons. The van der Waals surface area contributed by atoms with Crippen LogP contribution in [0, 0.1) is 0 Å². The minimum Gasteiger partial charge on any atom is -0.493 e. The van der Waals surface area contributed by atoms with Crippen molar-refractivity contribution in [3.63, 3.8) is 0 Å². The number of methoxy groups -OCH3 is 1. The van der Waals surface area contributed by atoms with E-state index < -0.39 is 5.97 Å². The van der Waals surface area contributed by atoms with Gasteiger partial charge in [0.2, 0.25) is 0 Å². The molecule has 3 aromatic carbocycles.